The molecule has 0 N–H and O–H groups in total. The fraction of sp³-hybridized carbons (Fsp3) is 0.500. The summed E-state index contributed by atoms with van der Waals surface area (Å²) in [6.45, 7) is 7.11. The number of aliphatic imine (C=N–C) groups is 1. The Kier molecular flexibility index (Phi) is 6.19. The zero-order chi connectivity index (χ0) is 17.6. The second-order valence-electron chi connectivity index (χ2n) is 6.72. The van der Waals surface area contributed by atoms with E-state index in [0.717, 1.165) is 48.3 Å². The first kappa shape index (κ1) is 18.1. The van der Waals surface area contributed by atoms with Crippen LogP contribution >= 0.6 is 11.8 Å². The maximum absolute atomic E-state index is 12.3. The highest BCUT2D eigenvalue weighted by Gasteiger charge is 2.28. The van der Waals surface area contributed by atoms with Gasteiger partial charge >= 0.3 is 0 Å². The van der Waals surface area contributed by atoms with Crippen LogP contribution in [0.3, 0.4) is 0 Å². The number of unbranched alkanes of at least 4 members (excludes halogenated alkanes) is 1. The number of hydrogen-bond donors (Lipinski definition) is 0. The molecule has 5 heteroatoms. The number of nitrogens with zero attached hydrogens (tertiary/aromatic N) is 2. The smallest absolute Gasteiger partial charge is 0.286 e. The number of ether oxygens (including phenoxy) is 1. The number of likely N-dealkylation sites (tertiary alicyclic amines) is 1. The number of amidine groups is 1. The van der Waals surface area contributed by atoms with Gasteiger partial charge in [0.05, 0.1) is 11.5 Å². The molecule has 2 aliphatic heterocycles. The summed E-state index contributed by atoms with van der Waals surface area (Å²) in [5, 5.41) is 0.854. The van der Waals surface area contributed by atoms with Crippen LogP contribution in [0.1, 0.15) is 45.1 Å². The first-order valence-corrected chi connectivity index (χ1v) is 9.98. The van der Waals surface area contributed by atoms with Crippen molar-refractivity contribution in [2.75, 3.05) is 19.7 Å². The molecule has 0 unspecified atom stereocenters. The van der Waals surface area contributed by atoms with E-state index in [2.05, 4.69) is 23.7 Å². The lowest BCUT2D eigenvalue weighted by Gasteiger charge is -2.30. The zero-order valence-electron chi connectivity index (χ0n) is 15.0. The molecule has 1 fully saturated rings. The van der Waals surface area contributed by atoms with Gasteiger partial charge in [-0.25, -0.2) is 0 Å². The van der Waals surface area contributed by atoms with Crippen molar-refractivity contribution in [3.05, 3.63) is 34.7 Å². The van der Waals surface area contributed by atoms with Gasteiger partial charge in [0.1, 0.15) is 5.75 Å². The van der Waals surface area contributed by atoms with Crippen LogP contribution in [0.4, 0.5) is 0 Å². The molecule has 2 aliphatic rings. The molecule has 25 heavy (non-hydrogen) atoms. The monoisotopic (exact) mass is 358 g/mol. The first-order valence-electron chi connectivity index (χ1n) is 9.16. The molecule has 1 amide bonds. The summed E-state index contributed by atoms with van der Waals surface area (Å²) in [6, 6.07) is 7.88. The average Bonchev–Trinajstić information content (AvgIpc) is 2.98. The van der Waals surface area contributed by atoms with Crippen molar-refractivity contribution in [1.29, 1.82) is 0 Å². The van der Waals surface area contributed by atoms with Crippen LogP contribution in [0.2, 0.25) is 0 Å². The van der Waals surface area contributed by atoms with E-state index in [1.54, 1.807) is 0 Å². The van der Waals surface area contributed by atoms with E-state index in [0.29, 0.717) is 11.5 Å². The molecule has 1 saturated heterocycles. The molecule has 0 atom stereocenters. The lowest BCUT2D eigenvalue weighted by atomic mass is 10.00. The summed E-state index contributed by atoms with van der Waals surface area (Å²) in [5.41, 5.74) is 0.943. The van der Waals surface area contributed by atoms with Gasteiger partial charge in [-0.1, -0.05) is 38.5 Å². The minimum Gasteiger partial charge on any atom is -0.493 e. The van der Waals surface area contributed by atoms with E-state index in [-0.39, 0.29) is 5.91 Å². The largest absolute Gasteiger partial charge is 0.493 e. The summed E-state index contributed by atoms with van der Waals surface area (Å²) >= 11 is 1.49. The van der Waals surface area contributed by atoms with Crippen molar-refractivity contribution in [2.24, 2.45) is 10.9 Å². The summed E-state index contributed by atoms with van der Waals surface area (Å²) < 4.78 is 5.87. The number of piperidine rings is 1. The van der Waals surface area contributed by atoms with Crippen molar-refractivity contribution < 1.29 is 9.53 Å². The number of carbonyl (C=O) groups is 1. The predicted molar refractivity (Wildman–Crippen MR) is 105 cm³/mol. The topological polar surface area (TPSA) is 41.9 Å². The Labute approximate surface area is 154 Å². The van der Waals surface area contributed by atoms with Crippen LogP contribution in [0, 0.1) is 5.92 Å². The van der Waals surface area contributed by atoms with Gasteiger partial charge in [0, 0.05) is 18.7 Å². The Bertz CT molecular complexity index is 676. The van der Waals surface area contributed by atoms with Crippen LogP contribution in [0.5, 0.6) is 5.75 Å². The van der Waals surface area contributed by atoms with Gasteiger partial charge in [-0.2, -0.15) is 4.99 Å². The Morgan fingerprint density at radius 1 is 1.32 bits per heavy atom. The molecule has 0 spiro atoms. The fourth-order valence-corrected chi connectivity index (χ4v) is 3.89. The first-order chi connectivity index (χ1) is 12.2. The summed E-state index contributed by atoms with van der Waals surface area (Å²) in [6.07, 6.45) is 6.38. The quantitative estimate of drug-likeness (QED) is 0.571. The van der Waals surface area contributed by atoms with E-state index in [1.807, 2.05) is 30.3 Å². The minimum atomic E-state index is -0.137. The van der Waals surface area contributed by atoms with Crippen molar-refractivity contribution in [3.8, 4) is 5.75 Å². The van der Waals surface area contributed by atoms with Crippen LogP contribution in [0.15, 0.2) is 34.2 Å². The highest BCUT2D eigenvalue weighted by Crippen LogP contribution is 2.33. The highest BCUT2D eigenvalue weighted by molar-refractivity contribution is 8.18. The minimum absolute atomic E-state index is 0.137. The summed E-state index contributed by atoms with van der Waals surface area (Å²) in [4.78, 5) is 19.5. The second-order valence-corrected chi connectivity index (χ2v) is 7.73. The molecule has 0 bridgehead atoms. The molecule has 2 heterocycles. The van der Waals surface area contributed by atoms with Crippen LogP contribution in [-0.4, -0.2) is 35.7 Å². The number of hydrogen-bond acceptors (Lipinski definition) is 4. The molecule has 1 aromatic carbocycles. The zero-order valence-corrected chi connectivity index (χ0v) is 15.8. The Balaban J connectivity index is 1.70. The number of thioether (sulfide) groups is 1. The Hall–Kier alpha value is -1.75. The molecule has 0 radical (unpaired) electrons. The molecular formula is C20H26N2O2S. The normalized spacial score (nSPS) is 20.2. The maximum Gasteiger partial charge on any atom is 0.286 e. The van der Waals surface area contributed by atoms with Crippen LogP contribution < -0.4 is 4.74 Å². The lowest BCUT2D eigenvalue weighted by Crippen LogP contribution is -2.35. The second kappa shape index (κ2) is 8.56. The Morgan fingerprint density at radius 3 is 2.84 bits per heavy atom. The molecule has 0 aliphatic carbocycles. The van der Waals surface area contributed by atoms with Gasteiger partial charge in [0.15, 0.2) is 5.17 Å². The van der Waals surface area contributed by atoms with Gasteiger partial charge in [0.2, 0.25) is 0 Å². The molecule has 0 saturated carbocycles. The van der Waals surface area contributed by atoms with Crippen molar-refractivity contribution in [3.63, 3.8) is 0 Å². The number of amides is 1. The highest BCUT2D eigenvalue weighted by atomic mass is 32.2. The number of benzene rings is 1. The van der Waals surface area contributed by atoms with Gasteiger partial charge in [-0.05, 0) is 49.1 Å². The standard InChI is InChI=1S/C20H26N2O2S/c1-3-4-13-24-17-8-6-5-7-16(17)14-18-19(23)21-20(25-18)22-11-9-15(2)10-12-22/h5-8,14-15H,3-4,9-13H2,1-2H3/b18-14-. The number of para-hydroxylation sites is 1. The number of rotatable bonds is 5. The van der Waals surface area contributed by atoms with Gasteiger partial charge < -0.3 is 9.64 Å². The van der Waals surface area contributed by atoms with E-state index in [4.69, 9.17) is 4.74 Å². The predicted octanol–water partition coefficient (Wildman–Crippen LogP) is 4.57. The number of carbonyl (C=O) groups excluding carboxylic acids is 1. The summed E-state index contributed by atoms with van der Waals surface area (Å²) in [5.74, 6) is 1.46. The van der Waals surface area contributed by atoms with Gasteiger partial charge in [-0.15, -0.1) is 0 Å². The van der Waals surface area contributed by atoms with E-state index in [9.17, 15) is 4.79 Å². The SMILES string of the molecule is CCCCOc1ccccc1/C=C1\SC(N2CCC(C)CC2)=NC1=O. The van der Waals surface area contributed by atoms with Crippen molar-refractivity contribution in [1.82, 2.24) is 4.90 Å². The van der Waals surface area contributed by atoms with E-state index in [1.165, 1.54) is 24.6 Å². The fourth-order valence-electron chi connectivity index (χ4n) is 2.93. The lowest BCUT2D eigenvalue weighted by molar-refractivity contribution is -0.113. The molecule has 0 aromatic heterocycles. The third-order valence-electron chi connectivity index (χ3n) is 4.62. The average molecular weight is 359 g/mol. The van der Waals surface area contributed by atoms with E-state index >= 15 is 0 Å². The molecule has 4 nitrogen and oxygen atoms in total. The van der Waals surface area contributed by atoms with Crippen LogP contribution in [0.25, 0.3) is 6.08 Å². The molecule has 1 aromatic rings. The van der Waals surface area contributed by atoms with Crippen LogP contribution in [-0.2, 0) is 4.79 Å². The van der Waals surface area contributed by atoms with Gasteiger partial charge in [0.25, 0.3) is 5.91 Å². The third-order valence-corrected chi connectivity index (χ3v) is 5.67. The maximum atomic E-state index is 12.3. The molecular weight excluding hydrogens is 332 g/mol. The third kappa shape index (κ3) is 4.66. The Morgan fingerprint density at radius 2 is 2.08 bits per heavy atom. The molecule has 134 valence electrons. The summed E-state index contributed by atoms with van der Waals surface area (Å²) in [7, 11) is 0. The van der Waals surface area contributed by atoms with Crippen molar-refractivity contribution in [2.45, 2.75) is 39.5 Å². The molecule has 3 rings (SSSR count). The van der Waals surface area contributed by atoms with E-state index < -0.39 is 0 Å². The van der Waals surface area contributed by atoms with Crippen molar-refractivity contribution >= 4 is 28.9 Å². The van der Waals surface area contributed by atoms with Gasteiger partial charge in [-0.3, -0.25) is 4.79 Å².